The maximum absolute atomic E-state index is 12.7. The second-order valence-corrected chi connectivity index (χ2v) is 8.79. The van der Waals surface area contributed by atoms with Gasteiger partial charge in [-0.05, 0) is 43.9 Å². The Morgan fingerprint density at radius 3 is 2.25 bits per heavy atom. The molecule has 1 aliphatic carbocycles. The van der Waals surface area contributed by atoms with Crippen molar-refractivity contribution in [2.24, 2.45) is 17.6 Å². The molecule has 0 aromatic rings. The Balaban J connectivity index is 3.04. The zero-order valence-electron chi connectivity index (χ0n) is 13.6. The summed E-state index contributed by atoms with van der Waals surface area (Å²) in [6.07, 6.45) is 4.81. The second-order valence-electron chi connectivity index (χ2n) is 6.86. The molecule has 0 heterocycles. The van der Waals surface area contributed by atoms with Crippen LogP contribution in [0.4, 0.5) is 0 Å². The van der Waals surface area contributed by atoms with Crippen LogP contribution in [0.15, 0.2) is 0 Å². The molecule has 0 bridgehead atoms. The van der Waals surface area contributed by atoms with Gasteiger partial charge in [-0.3, -0.25) is 0 Å². The van der Waals surface area contributed by atoms with E-state index in [2.05, 4.69) is 6.92 Å². The SMILES string of the molecule is CCCN(C1(CN)CCC(C)CC1)S(=O)(=O)CC(C)C. The van der Waals surface area contributed by atoms with Gasteiger partial charge in [0, 0.05) is 18.6 Å². The lowest BCUT2D eigenvalue weighted by Crippen LogP contribution is -2.58. The van der Waals surface area contributed by atoms with Crippen LogP contribution in [0.25, 0.3) is 0 Å². The number of sulfonamides is 1. The molecule has 20 heavy (non-hydrogen) atoms. The molecule has 0 radical (unpaired) electrons. The summed E-state index contributed by atoms with van der Waals surface area (Å²) in [6, 6.07) is 0. The summed E-state index contributed by atoms with van der Waals surface area (Å²) < 4.78 is 27.2. The van der Waals surface area contributed by atoms with Gasteiger partial charge in [0.1, 0.15) is 0 Å². The number of hydrogen-bond acceptors (Lipinski definition) is 3. The quantitative estimate of drug-likeness (QED) is 0.786. The monoisotopic (exact) mass is 304 g/mol. The van der Waals surface area contributed by atoms with Gasteiger partial charge >= 0.3 is 0 Å². The van der Waals surface area contributed by atoms with Gasteiger partial charge in [-0.25, -0.2) is 8.42 Å². The van der Waals surface area contributed by atoms with Crippen molar-refractivity contribution in [2.75, 3.05) is 18.8 Å². The fraction of sp³-hybridized carbons (Fsp3) is 1.00. The van der Waals surface area contributed by atoms with Crippen LogP contribution >= 0.6 is 0 Å². The maximum Gasteiger partial charge on any atom is 0.214 e. The molecule has 2 N–H and O–H groups in total. The largest absolute Gasteiger partial charge is 0.329 e. The van der Waals surface area contributed by atoms with Crippen LogP contribution in [0.1, 0.15) is 59.8 Å². The van der Waals surface area contributed by atoms with Gasteiger partial charge in [-0.15, -0.1) is 0 Å². The van der Waals surface area contributed by atoms with Gasteiger partial charge in [0.25, 0.3) is 0 Å². The van der Waals surface area contributed by atoms with Crippen molar-refractivity contribution in [3.8, 4) is 0 Å². The molecular formula is C15H32N2O2S. The van der Waals surface area contributed by atoms with E-state index in [0.29, 0.717) is 19.0 Å². The molecule has 120 valence electrons. The van der Waals surface area contributed by atoms with Crippen molar-refractivity contribution >= 4 is 10.0 Å². The van der Waals surface area contributed by atoms with E-state index in [-0.39, 0.29) is 17.2 Å². The van der Waals surface area contributed by atoms with E-state index in [1.807, 2.05) is 20.8 Å². The third kappa shape index (κ3) is 4.18. The maximum atomic E-state index is 12.7. The molecule has 1 rings (SSSR count). The van der Waals surface area contributed by atoms with Crippen molar-refractivity contribution in [3.63, 3.8) is 0 Å². The minimum absolute atomic E-state index is 0.150. The van der Waals surface area contributed by atoms with E-state index in [1.54, 1.807) is 4.31 Å². The first-order valence-electron chi connectivity index (χ1n) is 7.98. The molecule has 0 aliphatic heterocycles. The molecule has 4 nitrogen and oxygen atoms in total. The first kappa shape index (κ1) is 17.9. The van der Waals surface area contributed by atoms with Crippen molar-refractivity contribution in [1.29, 1.82) is 0 Å². The normalized spacial score (nSPS) is 28.2. The Hall–Kier alpha value is -0.130. The van der Waals surface area contributed by atoms with Crippen molar-refractivity contribution in [1.82, 2.24) is 4.31 Å². The highest BCUT2D eigenvalue weighted by atomic mass is 32.2. The minimum Gasteiger partial charge on any atom is -0.329 e. The highest BCUT2D eigenvalue weighted by molar-refractivity contribution is 7.89. The third-order valence-electron chi connectivity index (χ3n) is 4.42. The van der Waals surface area contributed by atoms with Crippen LogP contribution < -0.4 is 5.73 Å². The average molecular weight is 305 g/mol. The molecule has 1 saturated carbocycles. The molecule has 1 fully saturated rings. The molecular weight excluding hydrogens is 272 g/mol. The fourth-order valence-corrected chi connectivity index (χ4v) is 5.57. The minimum atomic E-state index is -3.22. The van der Waals surface area contributed by atoms with E-state index in [1.165, 1.54) is 0 Å². The average Bonchev–Trinajstić information content (AvgIpc) is 2.36. The van der Waals surface area contributed by atoms with E-state index in [0.717, 1.165) is 32.1 Å². The second kappa shape index (κ2) is 7.23. The lowest BCUT2D eigenvalue weighted by molar-refractivity contribution is 0.115. The molecule has 5 heteroatoms. The summed E-state index contributed by atoms with van der Waals surface area (Å²) in [7, 11) is -3.22. The third-order valence-corrected chi connectivity index (χ3v) is 6.75. The molecule has 0 amide bonds. The van der Waals surface area contributed by atoms with Gasteiger partial charge in [0.15, 0.2) is 0 Å². The summed E-state index contributed by atoms with van der Waals surface area (Å²) >= 11 is 0. The fourth-order valence-electron chi connectivity index (χ4n) is 3.24. The Labute approximate surface area is 125 Å². The van der Waals surface area contributed by atoms with Crippen LogP contribution in [0.2, 0.25) is 0 Å². The van der Waals surface area contributed by atoms with Crippen molar-refractivity contribution in [3.05, 3.63) is 0 Å². The first-order chi connectivity index (χ1) is 9.27. The molecule has 0 aromatic carbocycles. The molecule has 0 atom stereocenters. The lowest BCUT2D eigenvalue weighted by Gasteiger charge is -2.46. The number of hydrogen-bond donors (Lipinski definition) is 1. The Morgan fingerprint density at radius 1 is 1.30 bits per heavy atom. The smallest absolute Gasteiger partial charge is 0.214 e. The molecule has 0 spiro atoms. The van der Waals surface area contributed by atoms with E-state index < -0.39 is 10.0 Å². The highest BCUT2D eigenvalue weighted by Gasteiger charge is 2.43. The predicted molar refractivity (Wildman–Crippen MR) is 85.0 cm³/mol. The van der Waals surface area contributed by atoms with Gasteiger partial charge in [0.05, 0.1) is 5.75 Å². The van der Waals surface area contributed by atoms with Crippen molar-refractivity contribution < 1.29 is 8.42 Å². The standard InChI is InChI=1S/C15H32N2O2S/c1-5-10-17(20(18,19)11-13(2)3)15(12-16)8-6-14(4)7-9-15/h13-14H,5-12,16H2,1-4H3. The Bertz CT molecular complexity index is 385. The topological polar surface area (TPSA) is 63.4 Å². The summed E-state index contributed by atoms with van der Waals surface area (Å²) in [5, 5.41) is 0. The lowest BCUT2D eigenvalue weighted by atomic mass is 9.77. The molecule has 0 saturated heterocycles. The number of rotatable bonds is 7. The van der Waals surface area contributed by atoms with Gasteiger partial charge < -0.3 is 5.73 Å². The van der Waals surface area contributed by atoms with Gasteiger partial charge in [-0.2, -0.15) is 4.31 Å². The summed E-state index contributed by atoms with van der Waals surface area (Å²) in [5.74, 6) is 1.06. The molecule has 0 aromatic heterocycles. The zero-order chi connectivity index (χ0) is 15.4. The highest BCUT2D eigenvalue weighted by Crippen LogP contribution is 2.37. The zero-order valence-corrected chi connectivity index (χ0v) is 14.4. The van der Waals surface area contributed by atoms with Gasteiger partial charge in [-0.1, -0.05) is 27.7 Å². The van der Waals surface area contributed by atoms with Gasteiger partial charge in [0.2, 0.25) is 10.0 Å². The molecule has 0 unspecified atom stereocenters. The van der Waals surface area contributed by atoms with E-state index >= 15 is 0 Å². The van der Waals surface area contributed by atoms with Crippen molar-refractivity contribution in [2.45, 2.75) is 65.3 Å². The van der Waals surface area contributed by atoms with E-state index in [9.17, 15) is 8.42 Å². The predicted octanol–water partition coefficient (Wildman–Crippen LogP) is 2.59. The van der Waals surface area contributed by atoms with E-state index in [4.69, 9.17) is 5.73 Å². The first-order valence-corrected chi connectivity index (χ1v) is 9.59. The summed E-state index contributed by atoms with van der Waals surface area (Å²) in [5.41, 5.74) is 5.70. The number of nitrogens with zero attached hydrogens (tertiary/aromatic N) is 1. The van der Waals surface area contributed by atoms with Crippen LogP contribution in [-0.4, -0.2) is 37.1 Å². The van der Waals surface area contributed by atoms with Crippen LogP contribution in [0, 0.1) is 11.8 Å². The number of nitrogens with two attached hydrogens (primary N) is 1. The Morgan fingerprint density at radius 2 is 1.85 bits per heavy atom. The molecule has 1 aliphatic rings. The Kier molecular flexibility index (Phi) is 6.48. The summed E-state index contributed by atoms with van der Waals surface area (Å²) in [6.45, 7) is 9.23. The summed E-state index contributed by atoms with van der Waals surface area (Å²) in [4.78, 5) is 0. The van der Waals surface area contributed by atoms with Crippen LogP contribution in [0.3, 0.4) is 0 Å². The van der Waals surface area contributed by atoms with Crippen LogP contribution in [-0.2, 0) is 10.0 Å². The van der Waals surface area contributed by atoms with Crippen LogP contribution in [0.5, 0.6) is 0 Å².